The number of nitrogens with zero attached hydrogens (tertiary/aromatic N) is 1. The predicted molar refractivity (Wildman–Crippen MR) is 60.4 cm³/mol. The molecule has 2 rings (SSSR count). The van der Waals surface area contributed by atoms with Crippen molar-refractivity contribution >= 4 is 16.7 Å². The molecule has 0 saturated carbocycles. The summed E-state index contributed by atoms with van der Waals surface area (Å²) in [6.07, 6.45) is 0. The molecule has 0 heterocycles. The van der Waals surface area contributed by atoms with Crippen LogP contribution in [-0.4, -0.2) is 11.1 Å². The minimum Gasteiger partial charge on any atom is -0.478 e. The molecular formula is C13H9NO2. The second kappa shape index (κ2) is 3.67. The van der Waals surface area contributed by atoms with E-state index in [0.717, 1.165) is 5.39 Å². The summed E-state index contributed by atoms with van der Waals surface area (Å²) >= 11 is 0. The number of benzene rings is 2. The molecule has 2 aromatic rings. The zero-order valence-corrected chi connectivity index (χ0v) is 8.69. The summed E-state index contributed by atoms with van der Waals surface area (Å²) in [4.78, 5) is 11.2. The number of aromatic carboxylic acids is 1. The number of hydrogen-bond acceptors (Lipinski definition) is 2. The maximum atomic E-state index is 11.2. The lowest BCUT2D eigenvalue weighted by atomic mass is 9.95. The third-order valence-corrected chi connectivity index (χ3v) is 2.64. The van der Waals surface area contributed by atoms with Crippen LogP contribution < -0.4 is 0 Å². The van der Waals surface area contributed by atoms with Crippen LogP contribution in [0.5, 0.6) is 0 Å². The molecule has 0 spiro atoms. The van der Waals surface area contributed by atoms with Gasteiger partial charge >= 0.3 is 5.97 Å². The van der Waals surface area contributed by atoms with Gasteiger partial charge in [-0.15, -0.1) is 0 Å². The lowest BCUT2D eigenvalue weighted by Gasteiger charge is -2.07. The van der Waals surface area contributed by atoms with Crippen LogP contribution in [0.3, 0.4) is 0 Å². The van der Waals surface area contributed by atoms with Gasteiger partial charge in [-0.1, -0.05) is 24.3 Å². The molecular weight excluding hydrogens is 202 g/mol. The third kappa shape index (κ3) is 1.41. The fraction of sp³-hybridized carbons (Fsp3) is 0.0769. The molecule has 0 fully saturated rings. The number of fused-ring (bicyclic) bond motifs is 1. The molecule has 78 valence electrons. The van der Waals surface area contributed by atoms with Crippen LogP contribution in [-0.2, 0) is 0 Å². The van der Waals surface area contributed by atoms with E-state index in [1.807, 2.05) is 18.2 Å². The highest BCUT2D eigenvalue weighted by Gasteiger charge is 2.15. The zero-order valence-electron chi connectivity index (χ0n) is 8.69. The van der Waals surface area contributed by atoms with Crippen LogP contribution in [0.25, 0.3) is 10.8 Å². The molecule has 3 nitrogen and oxygen atoms in total. The average Bonchev–Trinajstić information content (AvgIpc) is 2.27. The van der Waals surface area contributed by atoms with E-state index < -0.39 is 5.97 Å². The summed E-state index contributed by atoms with van der Waals surface area (Å²) in [5, 5.41) is 19.6. The summed E-state index contributed by atoms with van der Waals surface area (Å²) in [6.45, 7) is 1.66. The fourth-order valence-electron chi connectivity index (χ4n) is 1.84. The largest absolute Gasteiger partial charge is 0.478 e. The Morgan fingerprint density at radius 2 is 2.06 bits per heavy atom. The van der Waals surface area contributed by atoms with Gasteiger partial charge in [0.25, 0.3) is 0 Å². The molecule has 0 saturated heterocycles. The van der Waals surface area contributed by atoms with E-state index in [4.69, 9.17) is 5.26 Å². The summed E-state index contributed by atoms with van der Waals surface area (Å²) in [5.74, 6) is -0.995. The Balaban J connectivity index is 2.98. The first kappa shape index (κ1) is 10.2. The van der Waals surface area contributed by atoms with Crippen LogP contribution >= 0.6 is 0 Å². The van der Waals surface area contributed by atoms with Gasteiger partial charge in [-0.05, 0) is 29.3 Å². The van der Waals surface area contributed by atoms with Gasteiger partial charge in [-0.3, -0.25) is 0 Å². The van der Waals surface area contributed by atoms with Crippen LogP contribution in [0, 0.1) is 18.3 Å². The van der Waals surface area contributed by atoms with Gasteiger partial charge in [0.2, 0.25) is 0 Å². The average molecular weight is 211 g/mol. The highest BCUT2D eigenvalue weighted by atomic mass is 16.4. The molecule has 3 heteroatoms. The second-order valence-electron chi connectivity index (χ2n) is 3.56. The minimum absolute atomic E-state index is 0.217. The molecule has 2 aromatic carbocycles. The quantitative estimate of drug-likeness (QED) is 0.788. The molecule has 0 aliphatic carbocycles. The lowest BCUT2D eigenvalue weighted by Crippen LogP contribution is -2.03. The Labute approximate surface area is 92.6 Å². The zero-order chi connectivity index (χ0) is 11.7. The van der Waals surface area contributed by atoms with Gasteiger partial charge in [0.05, 0.1) is 17.2 Å². The van der Waals surface area contributed by atoms with Crippen molar-refractivity contribution in [2.45, 2.75) is 6.92 Å². The lowest BCUT2D eigenvalue weighted by molar-refractivity contribution is 0.0698. The summed E-state index contributed by atoms with van der Waals surface area (Å²) in [6, 6.07) is 10.9. The van der Waals surface area contributed by atoms with Crippen molar-refractivity contribution < 1.29 is 9.90 Å². The number of carboxylic acids is 1. The monoisotopic (exact) mass is 211 g/mol. The van der Waals surface area contributed by atoms with E-state index in [9.17, 15) is 9.90 Å². The molecule has 0 aliphatic heterocycles. The molecule has 0 radical (unpaired) electrons. The maximum Gasteiger partial charge on any atom is 0.336 e. The van der Waals surface area contributed by atoms with Crippen molar-refractivity contribution in [1.29, 1.82) is 5.26 Å². The molecule has 0 aromatic heterocycles. The number of rotatable bonds is 1. The summed E-state index contributed by atoms with van der Waals surface area (Å²) in [7, 11) is 0. The maximum absolute atomic E-state index is 11.2. The van der Waals surface area contributed by atoms with Gasteiger partial charge in [0.15, 0.2) is 0 Å². The Morgan fingerprint density at radius 1 is 1.38 bits per heavy atom. The van der Waals surface area contributed by atoms with Crippen LogP contribution in [0.1, 0.15) is 21.5 Å². The van der Waals surface area contributed by atoms with Crippen molar-refractivity contribution in [2.75, 3.05) is 0 Å². The van der Waals surface area contributed by atoms with E-state index in [2.05, 4.69) is 0 Å². The summed E-state index contributed by atoms with van der Waals surface area (Å²) < 4.78 is 0. The van der Waals surface area contributed by atoms with Crippen molar-refractivity contribution in [3.8, 4) is 6.07 Å². The Bertz CT molecular complexity index is 624. The topological polar surface area (TPSA) is 61.1 Å². The van der Waals surface area contributed by atoms with Gasteiger partial charge in [-0.25, -0.2) is 4.79 Å². The van der Waals surface area contributed by atoms with E-state index in [-0.39, 0.29) is 5.56 Å². The second-order valence-corrected chi connectivity index (χ2v) is 3.56. The molecule has 1 N–H and O–H groups in total. The Kier molecular flexibility index (Phi) is 2.34. The van der Waals surface area contributed by atoms with E-state index in [1.54, 1.807) is 25.1 Å². The first-order valence-corrected chi connectivity index (χ1v) is 4.81. The van der Waals surface area contributed by atoms with Crippen molar-refractivity contribution in [3.05, 3.63) is 47.0 Å². The van der Waals surface area contributed by atoms with Crippen molar-refractivity contribution in [2.24, 2.45) is 0 Å². The number of nitriles is 1. The third-order valence-electron chi connectivity index (χ3n) is 2.64. The highest BCUT2D eigenvalue weighted by Crippen LogP contribution is 2.25. The minimum atomic E-state index is -0.995. The molecule has 0 atom stereocenters. The smallest absolute Gasteiger partial charge is 0.336 e. The van der Waals surface area contributed by atoms with E-state index in [1.165, 1.54) is 0 Å². The molecule has 0 amide bonds. The first-order valence-electron chi connectivity index (χ1n) is 4.81. The van der Waals surface area contributed by atoms with Gasteiger partial charge in [0.1, 0.15) is 0 Å². The molecule has 0 bridgehead atoms. The van der Waals surface area contributed by atoms with Gasteiger partial charge in [0, 0.05) is 0 Å². The van der Waals surface area contributed by atoms with E-state index in [0.29, 0.717) is 16.5 Å². The van der Waals surface area contributed by atoms with Crippen molar-refractivity contribution in [1.82, 2.24) is 0 Å². The highest BCUT2D eigenvalue weighted by molar-refractivity contribution is 6.05. The summed E-state index contributed by atoms with van der Waals surface area (Å²) in [5.41, 5.74) is 1.15. The molecule has 0 aliphatic rings. The standard InChI is InChI=1S/C13H9NO2/c1-8-10(7-14)6-9-4-2-3-5-11(9)12(8)13(15)16/h2-6H,1H3,(H,15,16). The van der Waals surface area contributed by atoms with Crippen LogP contribution in [0.4, 0.5) is 0 Å². The molecule has 0 unspecified atom stereocenters. The first-order chi connectivity index (χ1) is 7.65. The number of carbonyl (C=O) groups is 1. The van der Waals surface area contributed by atoms with Crippen LogP contribution in [0.2, 0.25) is 0 Å². The van der Waals surface area contributed by atoms with Gasteiger partial charge in [-0.2, -0.15) is 5.26 Å². The number of carboxylic acid groups (broad SMARTS) is 1. The fourth-order valence-corrected chi connectivity index (χ4v) is 1.84. The predicted octanol–water partition coefficient (Wildman–Crippen LogP) is 2.72. The van der Waals surface area contributed by atoms with E-state index >= 15 is 0 Å². The normalized spacial score (nSPS) is 10.0. The SMILES string of the molecule is Cc1c(C#N)cc2ccccc2c1C(=O)O. The van der Waals surface area contributed by atoms with Crippen molar-refractivity contribution in [3.63, 3.8) is 0 Å². The van der Waals surface area contributed by atoms with Crippen LogP contribution in [0.15, 0.2) is 30.3 Å². The van der Waals surface area contributed by atoms with Gasteiger partial charge < -0.3 is 5.11 Å². The Hall–Kier alpha value is -2.34. The number of hydrogen-bond donors (Lipinski definition) is 1. The molecule has 16 heavy (non-hydrogen) atoms. The Morgan fingerprint density at radius 3 is 2.69 bits per heavy atom.